The third kappa shape index (κ3) is 3.55. The maximum atomic E-state index is 12.5. The Bertz CT molecular complexity index is 803. The molecule has 1 fully saturated rings. The number of pyridine rings is 1. The molecule has 1 aromatic heterocycles. The lowest BCUT2D eigenvalue weighted by atomic mass is 10.1. The van der Waals surface area contributed by atoms with E-state index in [-0.39, 0.29) is 10.9 Å². The van der Waals surface area contributed by atoms with E-state index in [0.29, 0.717) is 23.9 Å². The molecule has 1 aliphatic rings. The molecule has 24 heavy (non-hydrogen) atoms. The highest BCUT2D eigenvalue weighted by Crippen LogP contribution is 2.26. The molecule has 1 saturated heterocycles. The van der Waals surface area contributed by atoms with E-state index in [1.807, 2.05) is 31.2 Å². The van der Waals surface area contributed by atoms with Crippen molar-refractivity contribution in [2.45, 2.75) is 30.7 Å². The number of rotatable bonds is 5. The number of nitrogens with zero attached hydrogens (tertiary/aromatic N) is 2. The van der Waals surface area contributed by atoms with Gasteiger partial charge in [-0.2, -0.15) is 4.31 Å². The summed E-state index contributed by atoms with van der Waals surface area (Å²) in [6.07, 6.45) is 3.25. The van der Waals surface area contributed by atoms with Crippen LogP contribution >= 0.6 is 11.6 Å². The molecule has 0 aliphatic carbocycles. The molecule has 1 atom stereocenters. The van der Waals surface area contributed by atoms with Crippen molar-refractivity contribution < 1.29 is 8.42 Å². The number of benzene rings is 1. The van der Waals surface area contributed by atoms with Crippen LogP contribution in [0.25, 0.3) is 0 Å². The fourth-order valence-corrected chi connectivity index (χ4v) is 4.58. The quantitative estimate of drug-likeness (QED) is 0.877. The average molecular weight is 366 g/mol. The molecule has 1 aliphatic heterocycles. The predicted octanol–water partition coefficient (Wildman–Crippen LogP) is 3.69. The fourth-order valence-electron chi connectivity index (χ4n) is 2.82. The molecule has 0 amide bonds. The number of anilines is 1. The van der Waals surface area contributed by atoms with Crippen LogP contribution in [0.4, 0.5) is 5.82 Å². The predicted molar refractivity (Wildman–Crippen MR) is 95.7 cm³/mol. The van der Waals surface area contributed by atoms with E-state index in [1.165, 1.54) is 10.5 Å². The van der Waals surface area contributed by atoms with Gasteiger partial charge in [-0.25, -0.2) is 13.4 Å². The van der Waals surface area contributed by atoms with Crippen LogP contribution in [0.1, 0.15) is 31.4 Å². The summed E-state index contributed by atoms with van der Waals surface area (Å²) in [6.45, 7) is 3.16. The molecule has 1 N–H and O–H groups in total. The molecule has 2 heterocycles. The first kappa shape index (κ1) is 17.2. The van der Waals surface area contributed by atoms with Crippen molar-refractivity contribution in [1.29, 1.82) is 0 Å². The fraction of sp³-hybridized carbons (Fsp3) is 0.353. The second-order valence-corrected chi connectivity index (χ2v) is 8.22. The third-order valence-electron chi connectivity index (χ3n) is 4.18. The van der Waals surface area contributed by atoms with Crippen LogP contribution in [0.15, 0.2) is 47.5 Å². The van der Waals surface area contributed by atoms with Gasteiger partial charge < -0.3 is 5.32 Å². The SMILES string of the molecule is C[C@H](Nc1ccc(S(=O)(=O)N2CCCC2)cn1)c1ccccc1Cl. The van der Waals surface area contributed by atoms with E-state index in [1.54, 1.807) is 12.1 Å². The number of halogens is 1. The van der Waals surface area contributed by atoms with Crippen LogP contribution in [0, 0.1) is 0 Å². The molecule has 128 valence electrons. The van der Waals surface area contributed by atoms with Crippen molar-refractivity contribution in [1.82, 2.24) is 9.29 Å². The van der Waals surface area contributed by atoms with Gasteiger partial charge in [0.05, 0.1) is 6.04 Å². The Balaban J connectivity index is 1.74. The van der Waals surface area contributed by atoms with E-state index in [4.69, 9.17) is 11.6 Å². The molecular formula is C17H20ClN3O2S. The summed E-state index contributed by atoms with van der Waals surface area (Å²) in [4.78, 5) is 4.49. The third-order valence-corrected chi connectivity index (χ3v) is 6.40. The van der Waals surface area contributed by atoms with Crippen LogP contribution in [-0.4, -0.2) is 30.8 Å². The Morgan fingerprint density at radius 2 is 1.88 bits per heavy atom. The van der Waals surface area contributed by atoms with E-state index in [2.05, 4.69) is 10.3 Å². The molecule has 0 bridgehead atoms. The molecule has 7 heteroatoms. The summed E-state index contributed by atoms with van der Waals surface area (Å²) in [5.41, 5.74) is 0.967. The van der Waals surface area contributed by atoms with Gasteiger partial charge in [0.15, 0.2) is 0 Å². The van der Waals surface area contributed by atoms with Crippen molar-refractivity contribution in [3.63, 3.8) is 0 Å². The topological polar surface area (TPSA) is 62.3 Å². The molecule has 5 nitrogen and oxygen atoms in total. The zero-order valence-corrected chi connectivity index (χ0v) is 15.0. The van der Waals surface area contributed by atoms with Crippen LogP contribution in [-0.2, 0) is 10.0 Å². The number of hydrogen-bond acceptors (Lipinski definition) is 4. The highest BCUT2D eigenvalue weighted by Gasteiger charge is 2.27. The lowest BCUT2D eigenvalue weighted by molar-refractivity contribution is 0.477. The largest absolute Gasteiger partial charge is 0.363 e. The van der Waals surface area contributed by atoms with E-state index in [0.717, 1.165) is 18.4 Å². The number of sulfonamides is 1. The smallest absolute Gasteiger partial charge is 0.244 e. The molecule has 0 spiro atoms. The van der Waals surface area contributed by atoms with Gasteiger partial charge in [-0.3, -0.25) is 0 Å². The number of aromatic nitrogens is 1. The Kier molecular flexibility index (Phi) is 5.08. The maximum absolute atomic E-state index is 12.5. The second kappa shape index (κ2) is 7.09. The average Bonchev–Trinajstić information content (AvgIpc) is 3.11. The highest BCUT2D eigenvalue weighted by molar-refractivity contribution is 7.89. The molecule has 0 unspecified atom stereocenters. The first-order valence-corrected chi connectivity index (χ1v) is 9.77. The minimum absolute atomic E-state index is 0.0350. The van der Waals surface area contributed by atoms with Gasteiger partial charge in [-0.1, -0.05) is 29.8 Å². The van der Waals surface area contributed by atoms with Crippen LogP contribution in [0.3, 0.4) is 0 Å². The maximum Gasteiger partial charge on any atom is 0.244 e. The van der Waals surface area contributed by atoms with E-state index < -0.39 is 10.0 Å². The first-order chi connectivity index (χ1) is 11.5. The van der Waals surface area contributed by atoms with Gasteiger partial charge in [0.2, 0.25) is 10.0 Å². The zero-order valence-electron chi connectivity index (χ0n) is 13.4. The van der Waals surface area contributed by atoms with Crippen LogP contribution < -0.4 is 5.32 Å². The summed E-state index contributed by atoms with van der Waals surface area (Å²) in [5.74, 6) is 0.614. The molecule has 1 aromatic carbocycles. The molecule has 0 saturated carbocycles. The lowest BCUT2D eigenvalue weighted by Gasteiger charge is -2.18. The Labute approximate surface area is 147 Å². The van der Waals surface area contributed by atoms with Gasteiger partial charge in [-0.05, 0) is 43.5 Å². The summed E-state index contributed by atoms with van der Waals surface area (Å²) < 4.78 is 26.5. The molecular weight excluding hydrogens is 346 g/mol. The highest BCUT2D eigenvalue weighted by atomic mass is 35.5. The first-order valence-electron chi connectivity index (χ1n) is 7.95. The van der Waals surface area contributed by atoms with E-state index >= 15 is 0 Å². The minimum Gasteiger partial charge on any atom is -0.363 e. The van der Waals surface area contributed by atoms with Crippen LogP contribution in [0.2, 0.25) is 5.02 Å². The van der Waals surface area contributed by atoms with Gasteiger partial charge in [-0.15, -0.1) is 0 Å². The summed E-state index contributed by atoms with van der Waals surface area (Å²) in [7, 11) is -3.42. The molecule has 3 rings (SSSR count). The van der Waals surface area contributed by atoms with Gasteiger partial charge in [0, 0.05) is 24.3 Å². The molecule has 2 aromatic rings. The zero-order chi connectivity index (χ0) is 17.2. The van der Waals surface area contributed by atoms with E-state index in [9.17, 15) is 8.42 Å². The molecule has 0 radical (unpaired) electrons. The van der Waals surface area contributed by atoms with Crippen molar-refractivity contribution in [3.05, 3.63) is 53.2 Å². The number of nitrogens with one attached hydrogen (secondary N) is 1. The summed E-state index contributed by atoms with van der Waals surface area (Å²) in [6, 6.07) is 10.9. The normalized spacial score (nSPS) is 16.9. The van der Waals surface area contributed by atoms with Crippen molar-refractivity contribution in [3.8, 4) is 0 Å². The Morgan fingerprint density at radius 1 is 1.17 bits per heavy atom. The van der Waals surface area contributed by atoms with Gasteiger partial charge in [0.25, 0.3) is 0 Å². The monoisotopic (exact) mass is 365 g/mol. The van der Waals surface area contributed by atoms with Gasteiger partial charge >= 0.3 is 0 Å². The van der Waals surface area contributed by atoms with Crippen molar-refractivity contribution in [2.75, 3.05) is 18.4 Å². The number of hydrogen-bond donors (Lipinski definition) is 1. The minimum atomic E-state index is -3.42. The Hall–Kier alpha value is -1.63. The summed E-state index contributed by atoms with van der Waals surface area (Å²) in [5, 5.41) is 3.93. The van der Waals surface area contributed by atoms with Gasteiger partial charge in [0.1, 0.15) is 10.7 Å². The Morgan fingerprint density at radius 3 is 2.50 bits per heavy atom. The lowest BCUT2D eigenvalue weighted by Crippen LogP contribution is -2.27. The van der Waals surface area contributed by atoms with Crippen molar-refractivity contribution in [2.24, 2.45) is 0 Å². The second-order valence-electron chi connectivity index (χ2n) is 5.88. The summed E-state index contributed by atoms with van der Waals surface area (Å²) >= 11 is 6.20. The van der Waals surface area contributed by atoms with Crippen LogP contribution in [0.5, 0.6) is 0 Å². The van der Waals surface area contributed by atoms with Crippen molar-refractivity contribution >= 4 is 27.4 Å². The standard InChI is InChI=1S/C17H20ClN3O2S/c1-13(15-6-2-3-7-16(15)18)20-17-9-8-14(12-19-17)24(22,23)21-10-4-5-11-21/h2-3,6-9,12-13H,4-5,10-11H2,1H3,(H,19,20)/t13-/m0/s1.